The maximum atomic E-state index is 12.3. The van der Waals surface area contributed by atoms with E-state index in [9.17, 15) is 22.8 Å². The quantitative estimate of drug-likeness (QED) is 0.582. The van der Waals surface area contributed by atoms with Crippen LogP contribution in [0.15, 0.2) is 11.6 Å². The van der Waals surface area contributed by atoms with Gasteiger partial charge in [-0.2, -0.15) is 13.2 Å². The largest absolute Gasteiger partial charge is 0.412 e. The fourth-order valence-corrected chi connectivity index (χ4v) is 1.41. The number of rotatable bonds is 1. The van der Waals surface area contributed by atoms with Gasteiger partial charge < -0.3 is 4.90 Å². The van der Waals surface area contributed by atoms with Crippen LogP contribution < -0.4 is 5.32 Å². The lowest BCUT2D eigenvalue weighted by Gasteiger charge is -2.26. The number of nitrogens with one attached hydrogen (secondary N) is 1. The zero-order chi connectivity index (χ0) is 13.1. The minimum atomic E-state index is -4.35. The van der Waals surface area contributed by atoms with Crippen molar-refractivity contribution in [2.24, 2.45) is 0 Å². The monoisotopic (exact) mass is 270 g/mol. The molecule has 8 heteroatoms. The molecule has 4 nitrogen and oxygen atoms in total. The summed E-state index contributed by atoms with van der Waals surface area (Å²) >= 11 is 5.17. The second kappa shape index (κ2) is 5.39. The average Bonchev–Trinajstić information content (AvgIpc) is 2.27. The van der Waals surface area contributed by atoms with Crippen LogP contribution in [0.4, 0.5) is 18.0 Å². The molecule has 0 bridgehead atoms. The summed E-state index contributed by atoms with van der Waals surface area (Å²) in [7, 11) is 0. The van der Waals surface area contributed by atoms with Gasteiger partial charge in [-0.3, -0.25) is 10.1 Å². The molecule has 17 heavy (non-hydrogen) atoms. The topological polar surface area (TPSA) is 49.4 Å². The first-order chi connectivity index (χ1) is 7.84. The number of halogens is 4. The molecule has 0 aromatic carbocycles. The number of alkyl halides is 4. The van der Waals surface area contributed by atoms with E-state index >= 15 is 0 Å². The molecule has 0 spiro atoms. The molecule has 0 radical (unpaired) electrons. The van der Waals surface area contributed by atoms with Crippen molar-refractivity contribution in [2.45, 2.75) is 12.6 Å². The lowest BCUT2D eigenvalue weighted by Crippen LogP contribution is -2.45. The first kappa shape index (κ1) is 13.8. The van der Waals surface area contributed by atoms with Crippen molar-refractivity contribution in [2.75, 3.05) is 19.0 Å². The van der Waals surface area contributed by atoms with Gasteiger partial charge in [0.15, 0.2) is 0 Å². The molecule has 1 aliphatic rings. The molecule has 1 aliphatic heterocycles. The predicted octanol–water partition coefficient (Wildman–Crippen LogP) is 1.66. The van der Waals surface area contributed by atoms with E-state index < -0.39 is 23.7 Å². The van der Waals surface area contributed by atoms with Crippen molar-refractivity contribution < 1.29 is 22.8 Å². The molecular weight excluding hydrogens is 261 g/mol. The van der Waals surface area contributed by atoms with E-state index in [-0.39, 0.29) is 25.4 Å². The fraction of sp³-hybridized carbons (Fsp3) is 0.556. The van der Waals surface area contributed by atoms with E-state index in [0.29, 0.717) is 0 Å². The smallest absolute Gasteiger partial charge is 0.320 e. The number of imide groups is 1. The van der Waals surface area contributed by atoms with Crippen LogP contribution >= 0.6 is 11.6 Å². The highest BCUT2D eigenvalue weighted by Crippen LogP contribution is 2.29. The lowest BCUT2D eigenvalue weighted by molar-refractivity contribution is -0.117. The zero-order valence-corrected chi connectivity index (χ0v) is 9.44. The second-order valence-electron chi connectivity index (χ2n) is 3.41. The molecule has 0 aromatic rings. The van der Waals surface area contributed by atoms with Gasteiger partial charge in [-0.25, -0.2) is 4.79 Å². The maximum absolute atomic E-state index is 12.3. The first-order valence-electron chi connectivity index (χ1n) is 4.75. The van der Waals surface area contributed by atoms with Gasteiger partial charge in [0.2, 0.25) is 5.91 Å². The molecule has 0 unspecified atom stereocenters. The van der Waals surface area contributed by atoms with Crippen molar-refractivity contribution in [1.29, 1.82) is 0 Å². The van der Waals surface area contributed by atoms with E-state index in [2.05, 4.69) is 0 Å². The Morgan fingerprint density at radius 1 is 1.47 bits per heavy atom. The zero-order valence-electron chi connectivity index (χ0n) is 8.68. The van der Waals surface area contributed by atoms with Crippen molar-refractivity contribution in [3.8, 4) is 0 Å². The number of carbonyl (C=O) groups excluding carboxylic acids is 2. The lowest BCUT2D eigenvalue weighted by atomic mass is 10.1. The molecule has 0 saturated carbocycles. The minimum absolute atomic E-state index is 0.0766. The van der Waals surface area contributed by atoms with Crippen molar-refractivity contribution in [3.05, 3.63) is 11.6 Å². The Kier molecular flexibility index (Phi) is 4.39. The summed E-state index contributed by atoms with van der Waals surface area (Å²) in [5, 5.41) is 1.96. The van der Waals surface area contributed by atoms with Gasteiger partial charge in [-0.05, 0) is 6.42 Å². The van der Waals surface area contributed by atoms with Gasteiger partial charge >= 0.3 is 12.2 Å². The fourth-order valence-electron chi connectivity index (χ4n) is 1.34. The van der Waals surface area contributed by atoms with Gasteiger partial charge in [0.25, 0.3) is 0 Å². The molecule has 1 N–H and O–H groups in total. The van der Waals surface area contributed by atoms with Crippen LogP contribution in [0, 0.1) is 0 Å². The summed E-state index contributed by atoms with van der Waals surface area (Å²) in [6, 6.07) is -0.729. The van der Waals surface area contributed by atoms with E-state index in [1.807, 2.05) is 5.32 Å². The maximum Gasteiger partial charge on any atom is 0.412 e. The molecule has 0 aromatic heterocycles. The normalized spacial score (nSPS) is 16.5. The number of urea groups is 1. The van der Waals surface area contributed by atoms with Crippen LogP contribution in [-0.2, 0) is 4.79 Å². The number of nitrogens with zero attached hydrogens (tertiary/aromatic N) is 1. The molecule has 0 fully saturated rings. The summed E-state index contributed by atoms with van der Waals surface area (Å²) < 4.78 is 36.8. The third-order valence-electron chi connectivity index (χ3n) is 2.23. The van der Waals surface area contributed by atoms with Crippen LogP contribution in [0.2, 0.25) is 0 Å². The standard InChI is InChI=1S/C9H10ClF3N2O2/c10-5-7(16)14-8(17)15-3-1-6(2-4-15)9(11,12)13/h1H,2-5H2,(H,14,16,17). The molecule has 1 heterocycles. The van der Waals surface area contributed by atoms with Crippen molar-refractivity contribution in [1.82, 2.24) is 10.2 Å². The number of carbonyl (C=O) groups is 2. The Labute approximate surface area is 100 Å². The van der Waals surface area contributed by atoms with Gasteiger partial charge in [0.05, 0.1) is 0 Å². The first-order valence-corrected chi connectivity index (χ1v) is 5.29. The summed E-state index contributed by atoms with van der Waals surface area (Å²) in [4.78, 5) is 23.3. The van der Waals surface area contributed by atoms with Crippen LogP contribution in [0.3, 0.4) is 0 Å². The second-order valence-corrected chi connectivity index (χ2v) is 3.68. The Morgan fingerprint density at radius 2 is 2.12 bits per heavy atom. The van der Waals surface area contributed by atoms with Crippen molar-refractivity contribution >= 4 is 23.5 Å². The Balaban J connectivity index is 2.54. The third-order valence-corrected chi connectivity index (χ3v) is 2.47. The Bertz CT molecular complexity index is 355. The number of hydrogen-bond acceptors (Lipinski definition) is 2. The highest BCUT2D eigenvalue weighted by molar-refractivity contribution is 6.28. The molecule has 96 valence electrons. The van der Waals surface area contributed by atoms with E-state index in [4.69, 9.17) is 11.6 Å². The summed E-state index contributed by atoms with van der Waals surface area (Å²) in [6.45, 7) is -0.247. The van der Waals surface area contributed by atoms with Gasteiger partial charge in [-0.15, -0.1) is 11.6 Å². The third kappa shape index (κ3) is 3.92. The Morgan fingerprint density at radius 3 is 2.53 bits per heavy atom. The predicted molar refractivity (Wildman–Crippen MR) is 54.6 cm³/mol. The minimum Gasteiger partial charge on any atom is -0.320 e. The summed E-state index contributed by atoms with van der Waals surface area (Å²) in [6.07, 6.45) is -3.69. The van der Waals surface area contributed by atoms with Crippen LogP contribution in [-0.4, -0.2) is 42.0 Å². The molecule has 3 amide bonds. The van der Waals surface area contributed by atoms with Gasteiger partial charge in [-0.1, -0.05) is 6.08 Å². The average molecular weight is 271 g/mol. The Hall–Kier alpha value is -1.24. The van der Waals surface area contributed by atoms with Crippen LogP contribution in [0.1, 0.15) is 6.42 Å². The van der Waals surface area contributed by atoms with E-state index in [0.717, 1.165) is 11.0 Å². The number of amides is 3. The highest BCUT2D eigenvalue weighted by Gasteiger charge is 2.35. The van der Waals surface area contributed by atoms with Crippen LogP contribution in [0.5, 0.6) is 0 Å². The van der Waals surface area contributed by atoms with E-state index in [1.54, 1.807) is 0 Å². The molecular formula is C9H10ClF3N2O2. The molecule has 1 rings (SSSR count). The molecule has 0 aliphatic carbocycles. The number of hydrogen-bond donors (Lipinski definition) is 1. The van der Waals surface area contributed by atoms with Gasteiger partial charge in [0, 0.05) is 18.7 Å². The van der Waals surface area contributed by atoms with Crippen molar-refractivity contribution in [3.63, 3.8) is 0 Å². The molecule has 0 atom stereocenters. The van der Waals surface area contributed by atoms with Crippen LogP contribution in [0.25, 0.3) is 0 Å². The highest BCUT2D eigenvalue weighted by atomic mass is 35.5. The SMILES string of the molecule is O=C(CCl)NC(=O)N1CC=C(C(F)(F)F)CC1. The van der Waals surface area contributed by atoms with E-state index in [1.165, 1.54) is 0 Å². The van der Waals surface area contributed by atoms with Gasteiger partial charge in [0.1, 0.15) is 5.88 Å². The summed E-state index contributed by atoms with van der Waals surface area (Å²) in [5.41, 5.74) is -0.648. The molecule has 0 saturated heterocycles. The summed E-state index contributed by atoms with van der Waals surface area (Å²) in [5.74, 6) is -1.05.